The van der Waals surface area contributed by atoms with Crippen LogP contribution >= 0.6 is 24.0 Å². The number of anilines is 1. The molecule has 168 valence electrons. The standard InChI is InChI=1S/C24H32N4O2.HI/c1-17(2)16-30-20-10-8-18(9-11-20)12-13-26-24(25-3)27-15-19-14-23(29)28-22-7-5-4-6-21(19)22;/h4-11,17,19H,12-16H2,1-3H3,(H,28,29)(H2,25,26,27);1H. The van der Waals surface area contributed by atoms with Gasteiger partial charge in [-0.2, -0.15) is 0 Å². The number of hydrogen-bond donors (Lipinski definition) is 3. The molecule has 1 unspecified atom stereocenters. The fraction of sp³-hybridized carbons (Fsp3) is 0.417. The number of ether oxygens (including phenoxy) is 1. The van der Waals surface area contributed by atoms with E-state index in [1.807, 2.05) is 30.3 Å². The molecule has 6 nitrogen and oxygen atoms in total. The van der Waals surface area contributed by atoms with Crippen LogP contribution in [0.5, 0.6) is 5.75 Å². The zero-order chi connectivity index (χ0) is 21.3. The maximum Gasteiger partial charge on any atom is 0.225 e. The van der Waals surface area contributed by atoms with E-state index in [1.54, 1.807) is 7.05 Å². The Morgan fingerprint density at radius 3 is 2.61 bits per heavy atom. The Hall–Kier alpha value is -2.29. The van der Waals surface area contributed by atoms with Gasteiger partial charge in [0.2, 0.25) is 5.91 Å². The number of nitrogens with zero attached hydrogens (tertiary/aromatic N) is 1. The Kier molecular flexibility index (Phi) is 10.1. The van der Waals surface area contributed by atoms with Crippen molar-refractivity contribution >= 4 is 41.5 Å². The van der Waals surface area contributed by atoms with E-state index in [9.17, 15) is 4.79 Å². The van der Waals surface area contributed by atoms with Gasteiger partial charge in [0.1, 0.15) is 5.75 Å². The Labute approximate surface area is 202 Å². The van der Waals surface area contributed by atoms with Crippen molar-refractivity contribution < 1.29 is 9.53 Å². The number of benzene rings is 2. The number of rotatable bonds is 8. The lowest BCUT2D eigenvalue weighted by Crippen LogP contribution is -2.41. The van der Waals surface area contributed by atoms with Crippen LogP contribution in [0.3, 0.4) is 0 Å². The first-order chi connectivity index (χ1) is 14.5. The van der Waals surface area contributed by atoms with Gasteiger partial charge in [-0.3, -0.25) is 9.79 Å². The lowest BCUT2D eigenvalue weighted by atomic mass is 9.90. The highest BCUT2D eigenvalue weighted by Gasteiger charge is 2.24. The number of para-hydroxylation sites is 1. The van der Waals surface area contributed by atoms with Crippen molar-refractivity contribution in [2.75, 3.05) is 32.1 Å². The van der Waals surface area contributed by atoms with E-state index in [4.69, 9.17) is 4.74 Å². The molecule has 0 spiro atoms. The minimum absolute atomic E-state index is 0. The molecule has 1 heterocycles. The molecule has 0 fully saturated rings. The average molecular weight is 536 g/mol. The van der Waals surface area contributed by atoms with Crippen molar-refractivity contribution in [2.45, 2.75) is 32.6 Å². The number of carbonyl (C=O) groups excluding carboxylic acids is 1. The summed E-state index contributed by atoms with van der Waals surface area (Å²) in [5.74, 6) is 2.37. The molecule has 3 rings (SSSR count). The van der Waals surface area contributed by atoms with Crippen LogP contribution < -0.4 is 20.7 Å². The Bertz CT molecular complexity index is 868. The first kappa shape index (κ1) is 25.0. The van der Waals surface area contributed by atoms with Crippen molar-refractivity contribution in [3.8, 4) is 5.75 Å². The van der Waals surface area contributed by atoms with E-state index in [2.05, 4.69) is 53.0 Å². The first-order valence-corrected chi connectivity index (χ1v) is 10.6. The van der Waals surface area contributed by atoms with E-state index in [1.165, 1.54) is 11.1 Å². The van der Waals surface area contributed by atoms with Gasteiger partial charge in [0.05, 0.1) is 6.61 Å². The molecule has 1 aliphatic rings. The topological polar surface area (TPSA) is 74.8 Å². The highest BCUT2D eigenvalue weighted by Crippen LogP contribution is 2.31. The van der Waals surface area contributed by atoms with Gasteiger partial charge in [-0.05, 0) is 41.7 Å². The van der Waals surface area contributed by atoms with Gasteiger partial charge in [0.15, 0.2) is 5.96 Å². The normalized spacial score (nSPS) is 15.5. The van der Waals surface area contributed by atoms with Crippen LogP contribution in [0.25, 0.3) is 0 Å². The fourth-order valence-corrected chi connectivity index (χ4v) is 3.46. The Balaban J connectivity index is 0.00000341. The van der Waals surface area contributed by atoms with Gasteiger partial charge in [0.25, 0.3) is 0 Å². The Morgan fingerprint density at radius 2 is 1.90 bits per heavy atom. The molecular formula is C24H33IN4O2. The van der Waals surface area contributed by atoms with Crippen LogP contribution in [0, 0.1) is 5.92 Å². The largest absolute Gasteiger partial charge is 0.493 e. The molecule has 7 heteroatoms. The molecular weight excluding hydrogens is 503 g/mol. The van der Waals surface area contributed by atoms with Crippen molar-refractivity contribution in [2.24, 2.45) is 10.9 Å². The number of hydrogen-bond acceptors (Lipinski definition) is 3. The molecule has 0 radical (unpaired) electrons. The fourth-order valence-electron chi connectivity index (χ4n) is 3.46. The van der Waals surface area contributed by atoms with Gasteiger partial charge < -0.3 is 20.7 Å². The highest BCUT2D eigenvalue weighted by molar-refractivity contribution is 14.0. The summed E-state index contributed by atoms with van der Waals surface area (Å²) in [4.78, 5) is 16.3. The molecule has 1 amide bonds. The van der Waals surface area contributed by atoms with Crippen molar-refractivity contribution in [3.05, 3.63) is 59.7 Å². The van der Waals surface area contributed by atoms with Crippen LogP contribution in [0.4, 0.5) is 5.69 Å². The number of fused-ring (bicyclic) bond motifs is 1. The number of carbonyl (C=O) groups is 1. The lowest BCUT2D eigenvalue weighted by Gasteiger charge is -2.26. The summed E-state index contributed by atoms with van der Waals surface area (Å²) >= 11 is 0. The van der Waals surface area contributed by atoms with Gasteiger partial charge in [0, 0.05) is 38.2 Å². The summed E-state index contributed by atoms with van der Waals surface area (Å²) in [6, 6.07) is 16.2. The third-order valence-corrected chi connectivity index (χ3v) is 5.06. The number of halogens is 1. The minimum Gasteiger partial charge on any atom is -0.493 e. The summed E-state index contributed by atoms with van der Waals surface area (Å²) in [5.41, 5.74) is 3.32. The van der Waals surface area contributed by atoms with Crippen LogP contribution in [-0.4, -0.2) is 38.6 Å². The van der Waals surface area contributed by atoms with Crippen LogP contribution in [0.1, 0.15) is 37.3 Å². The summed E-state index contributed by atoms with van der Waals surface area (Å²) < 4.78 is 5.73. The van der Waals surface area contributed by atoms with Gasteiger partial charge in [-0.15, -0.1) is 24.0 Å². The molecule has 0 aliphatic carbocycles. The van der Waals surface area contributed by atoms with Crippen LogP contribution in [-0.2, 0) is 11.2 Å². The molecule has 1 atom stereocenters. The van der Waals surface area contributed by atoms with Gasteiger partial charge >= 0.3 is 0 Å². The zero-order valence-electron chi connectivity index (χ0n) is 18.5. The Morgan fingerprint density at radius 1 is 1.16 bits per heavy atom. The zero-order valence-corrected chi connectivity index (χ0v) is 20.8. The molecule has 2 aromatic rings. The maximum absolute atomic E-state index is 12.0. The van der Waals surface area contributed by atoms with Gasteiger partial charge in [-0.25, -0.2) is 0 Å². The number of aliphatic imine (C=N–C) groups is 1. The maximum atomic E-state index is 12.0. The number of amides is 1. The third kappa shape index (κ3) is 7.72. The van der Waals surface area contributed by atoms with Crippen molar-refractivity contribution in [3.63, 3.8) is 0 Å². The molecule has 31 heavy (non-hydrogen) atoms. The molecule has 3 N–H and O–H groups in total. The number of nitrogens with one attached hydrogen (secondary N) is 3. The predicted octanol–water partition coefficient (Wildman–Crippen LogP) is 4.17. The highest BCUT2D eigenvalue weighted by atomic mass is 127. The second-order valence-corrected chi connectivity index (χ2v) is 8.02. The van der Waals surface area contributed by atoms with E-state index in [-0.39, 0.29) is 35.8 Å². The lowest BCUT2D eigenvalue weighted by molar-refractivity contribution is -0.116. The molecule has 1 aliphatic heterocycles. The quantitative estimate of drug-likeness (QED) is 0.269. The van der Waals surface area contributed by atoms with E-state index in [0.29, 0.717) is 18.9 Å². The minimum atomic E-state index is 0. The second kappa shape index (κ2) is 12.5. The van der Waals surface area contributed by atoms with Crippen molar-refractivity contribution in [1.29, 1.82) is 0 Å². The van der Waals surface area contributed by atoms with Crippen LogP contribution in [0.2, 0.25) is 0 Å². The van der Waals surface area contributed by atoms with Gasteiger partial charge in [-0.1, -0.05) is 44.2 Å². The molecule has 0 saturated heterocycles. The van der Waals surface area contributed by atoms with E-state index >= 15 is 0 Å². The predicted molar refractivity (Wildman–Crippen MR) is 138 cm³/mol. The molecule has 0 saturated carbocycles. The van der Waals surface area contributed by atoms with Crippen molar-refractivity contribution in [1.82, 2.24) is 10.6 Å². The van der Waals surface area contributed by atoms with Crippen LogP contribution in [0.15, 0.2) is 53.5 Å². The second-order valence-electron chi connectivity index (χ2n) is 8.02. The molecule has 0 bridgehead atoms. The molecule has 2 aromatic carbocycles. The SMILES string of the molecule is CN=C(NCCc1ccc(OCC(C)C)cc1)NCC1CC(=O)Nc2ccccc21.I. The number of guanidine groups is 1. The first-order valence-electron chi connectivity index (χ1n) is 10.6. The summed E-state index contributed by atoms with van der Waals surface area (Å²) in [6.07, 6.45) is 1.37. The average Bonchev–Trinajstić information content (AvgIpc) is 2.75. The summed E-state index contributed by atoms with van der Waals surface area (Å²) in [6.45, 7) is 6.45. The summed E-state index contributed by atoms with van der Waals surface area (Å²) in [7, 11) is 1.76. The van der Waals surface area contributed by atoms with E-state index < -0.39 is 0 Å². The third-order valence-electron chi connectivity index (χ3n) is 5.06. The monoisotopic (exact) mass is 536 g/mol. The smallest absolute Gasteiger partial charge is 0.225 e. The van der Waals surface area contributed by atoms with E-state index in [0.717, 1.165) is 37.0 Å². The molecule has 0 aromatic heterocycles. The summed E-state index contributed by atoms with van der Waals surface area (Å²) in [5, 5.41) is 9.66.